The van der Waals surface area contributed by atoms with Crippen LogP contribution in [0.3, 0.4) is 0 Å². The molecule has 1 rings (SSSR count). The van der Waals surface area contributed by atoms with Crippen LogP contribution >= 0.6 is 0 Å². The highest BCUT2D eigenvalue weighted by Crippen LogP contribution is 2.29. The highest BCUT2D eigenvalue weighted by Gasteiger charge is 2.22. The van der Waals surface area contributed by atoms with Crippen molar-refractivity contribution in [2.24, 2.45) is 17.8 Å². The maximum absolute atomic E-state index is 5.81. The molecule has 1 N–H and O–H groups in total. The average molecular weight is 227 g/mol. The van der Waals surface area contributed by atoms with Crippen molar-refractivity contribution >= 4 is 0 Å². The van der Waals surface area contributed by atoms with E-state index in [1.54, 1.807) is 0 Å². The van der Waals surface area contributed by atoms with Crippen LogP contribution in [-0.4, -0.2) is 25.8 Å². The molecule has 0 bridgehead atoms. The average Bonchev–Trinajstić information content (AvgIpc) is 2.96. The lowest BCUT2D eigenvalue weighted by Crippen LogP contribution is -2.32. The lowest BCUT2D eigenvalue weighted by molar-refractivity contribution is 0.0830. The minimum Gasteiger partial charge on any atom is -0.381 e. The van der Waals surface area contributed by atoms with Gasteiger partial charge in [0.15, 0.2) is 0 Å². The van der Waals surface area contributed by atoms with Gasteiger partial charge >= 0.3 is 0 Å². The van der Waals surface area contributed by atoms with Crippen molar-refractivity contribution < 1.29 is 4.74 Å². The summed E-state index contributed by atoms with van der Waals surface area (Å²) in [6.45, 7) is 12.0. The Bertz CT molecular complexity index is 176. The zero-order valence-corrected chi connectivity index (χ0v) is 11.5. The quantitative estimate of drug-likeness (QED) is 0.653. The first-order chi connectivity index (χ1) is 7.58. The number of hydrogen-bond acceptors (Lipinski definition) is 2. The van der Waals surface area contributed by atoms with Crippen LogP contribution < -0.4 is 5.32 Å². The minimum absolute atomic E-state index is 0.582. The molecule has 1 aliphatic carbocycles. The standard InChI is InChI=1S/C14H29NO/c1-11(2)7-14(8-15-12(3)4)10-16-9-13-5-6-13/h11-15H,5-10H2,1-4H3. The second-order valence-electron chi connectivity index (χ2n) is 6.04. The SMILES string of the molecule is CC(C)CC(CNC(C)C)COCC1CC1. The van der Waals surface area contributed by atoms with E-state index in [2.05, 4.69) is 33.0 Å². The van der Waals surface area contributed by atoms with Crippen molar-refractivity contribution in [3.05, 3.63) is 0 Å². The normalized spacial score (nSPS) is 18.4. The molecule has 0 aliphatic heterocycles. The Labute approximate surface area is 101 Å². The lowest BCUT2D eigenvalue weighted by Gasteiger charge is -2.21. The summed E-state index contributed by atoms with van der Waals surface area (Å²) in [5, 5.41) is 3.52. The number of ether oxygens (including phenoxy) is 1. The molecule has 1 fully saturated rings. The third-order valence-electron chi connectivity index (χ3n) is 3.02. The molecule has 0 aromatic heterocycles. The topological polar surface area (TPSA) is 21.3 Å². The van der Waals surface area contributed by atoms with Crippen molar-refractivity contribution in [2.45, 2.75) is 53.0 Å². The molecule has 16 heavy (non-hydrogen) atoms. The van der Waals surface area contributed by atoms with Crippen LogP contribution in [0.1, 0.15) is 47.0 Å². The summed E-state index contributed by atoms with van der Waals surface area (Å²) in [6.07, 6.45) is 4.04. The smallest absolute Gasteiger partial charge is 0.0506 e. The molecule has 1 saturated carbocycles. The first-order valence-electron chi connectivity index (χ1n) is 6.89. The van der Waals surface area contributed by atoms with Gasteiger partial charge in [-0.1, -0.05) is 27.7 Å². The number of hydrogen-bond donors (Lipinski definition) is 1. The minimum atomic E-state index is 0.582. The van der Waals surface area contributed by atoms with E-state index in [-0.39, 0.29) is 0 Å². The van der Waals surface area contributed by atoms with Gasteiger partial charge in [-0.05, 0) is 37.0 Å². The predicted octanol–water partition coefficient (Wildman–Crippen LogP) is 3.07. The molecule has 2 nitrogen and oxygen atoms in total. The van der Waals surface area contributed by atoms with Crippen molar-refractivity contribution in [1.29, 1.82) is 0 Å². The molecule has 0 saturated heterocycles. The summed E-state index contributed by atoms with van der Waals surface area (Å²) in [7, 11) is 0. The monoisotopic (exact) mass is 227 g/mol. The van der Waals surface area contributed by atoms with E-state index in [1.165, 1.54) is 19.3 Å². The maximum atomic E-state index is 5.81. The van der Waals surface area contributed by atoms with Gasteiger partial charge < -0.3 is 10.1 Å². The molecule has 2 heteroatoms. The molecular weight excluding hydrogens is 198 g/mol. The molecule has 0 spiro atoms. The largest absolute Gasteiger partial charge is 0.381 e. The van der Waals surface area contributed by atoms with Gasteiger partial charge in [-0.3, -0.25) is 0 Å². The first-order valence-corrected chi connectivity index (χ1v) is 6.89. The Hall–Kier alpha value is -0.0800. The van der Waals surface area contributed by atoms with Gasteiger partial charge in [-0.2, -0.15) is 0 Å². The summed E-state index contributed by atoms with van der Waals surface area (Å²) in [5.74, 6) is 2.34. The number of nitrogens with one attached hydrogen (secondary N) is 1. The molecule has 96 valence electrons. The van der Waals surface area contributed by atoms with E-state index in [4.69, 9.17) is 4.74 Å². The molecule has 0 heterocycles. The summed E-state index contributed by atoms with van der Waals surface area (Å²) in [4.78, 5) is 0. The van der Waals surface area contributed by atoms with Gasteiger partial charge in [0.2, 0.25) is 0 Å². The molecule has 0 amide bonds. The van der Waals surface area contributed by atoms with E-state index >= 15 is 0 Å². The Balaban J connectivity index is 2.13. The summed E-state index contributed by atoms with van der Waals surface area (Å²) in [6, 6.07) is 0.582. The van der Waals surface area contributed by atoms with Crippen LogP contribution in [-0.2, 0) is 4.74 Å². The molecule has 1 unspecified atom stereocenters. The van der Waals surface area contributed by atoms with Crippen molar-refractivity contribution in [3.63, 3.8) is 0 Å². The molecule has 0 aromatic carbocycles. The summed E-state index contributed by atoms with van der Waals surface area (Å²) in [5.41, 5.74) is 0. The van der Waals surface area contributed by atoms with Crippen LogP contribution in [0.4, 0.5) is 0 Å². The predicted molar refractivity (Wildman–Crippen MR) is 69.6 cm³/mol. The van der Waals surface area contributed by atoms with Gasteiger partial charge in [0.05, 0.1) is 6.61 Å². The Morgan fingerprint density at radius 1 is 1.19 bits per heavy atom. The molecule has 1 aliphatic rings. The fourth-order valence-corrected chi connectivity index (χ4v) is 1.97. The Kier molecular flexibility index (Phi) is 6.37. The third kappa shape index (κ3) is 7.24. The number of rotatable bonds is 9. The molecule has 0 radical (unpaired) electrons. The van der Waals surface area contributed by atoms with Crippen molar-refractivity contribution in [2.75, 3.05) is 19.8 Å². The van der Waals surface area contributed by atoms with E-state index in [9.17, 15) is 0 Å². The van der Waals surface area contributed by atoms with E-state index < -0.39 is 0 Å². The Morgan fingerprint density at radius 3 is 2.38 bits per heavy atom. The first kappa shape index (κ1) is 14.0. The zero-order valence-electron chi connectivity index (χ0n) is 11.5. The Morgan fingerprint density at radius 2 is 1.88 bits per heavy atom. The van der Waals surface area contributed by atoms with Crippen LogP contribution in [0, 0.1) is 17.8 Å². The lowest BCUT2D eigenvalue weighted by atomic mass is 9.97. The zero-order chi connectivity index (χ0) is 12.0. The van der Waals surface area contributed by atoms with Gasteiger partial charge in [-0.25, -0.2) is 0 Å². The fraction of sp³-hybridized carbons (Fsp3) is 1.00. The summed E-state index contributed by atoms with van der Waals surface area (Å²) >= 11 is 0. The van der Waals surface area contributed by atoms with E-state index in [0.717, 1.165) is 31.6 Å². The van der Waals surface area contributed by atoms with E-state index in [0.29, 0.717) is 12.0 Å². The van der Waals surface area contributed by atoms with Gasteiger partial charge in [0.1, 0.15) is 0 Å². The van der Waals surface area contributed by atoms with Gasteiger partial charge in [-0.15, -0.1) is 0 Å². The van der Waals surface area contributed by atoms with Gasteiger partial charge in [0.25, 0.3) is 0 Å². The van der Waals surface area contributed by atoms with Crippen molar-refractivity contribution in [3.8, 4) is 0 Å². The van der Waals surface area contributed by atoms with Gasteiger partial charge in [0, 0.05) is 19.2 Å². The maximum Gasteiger partial charge on any atom is 0.0506 e. The molecule has 1 atom stereocenters. The van der Waals surface area contributed by atoms with Crippen molar-refractivity contribution in [1.82, 2.24) is 5.32 Å². The van der Waals surface area contributed by atoms with E-state index in [1.807, 2.05) is 0 Å². The fourth-order valence-electron chi connectivity index (χ4n) is 1.97. The highest BCUT2D eigenvalue weighted by molar-refractivity contribution is 4.73. The van der Waals surface area contributed by atoms with Crippen LogP contribution in [0.2, 0.25) is 0 Å². The summed E-state index contributed by atoms with van der Waals surface area (Å²) < 4.78 is 5.81. The second kappa shape index (κ2) is 7.29. The molecule has 0 aromatic rings. The van der Waals surface area contributed by atoms with Crippen LogP contribution in [0.25, 0.3) is 0 Å². The highest BCUT2D eigenvalue weighted by atomic mass is 16.5. The second-order valence-corrected chi connectivity index (χ2v) is 6.04. The van der Waals surface area contributed by atoms with Crippen LogP contribution in [0.15, 0.2) is 0 Å². The van der Waals surface area contributed by atoms with Crippen LogP contribution in [0.5, 0.6) is 0 Å². The molecular formula is C14H29NO. The third-order valence-corrected chi connectivity index (χ3v) is 3.02.